The Balaban J connectivity index is 1.66. The van der Waals surface area contributed by atoms with Gasteiger partial charge in [0.15, 0.2) is 0 Å². The predicted molar refractivity (Wildman–Crippen MR) is 112 cm³/mol. The molecular formula is C22H19FN2O3S. The first-order valence-electron chi connectivity index (χ1n) is 8.75. The molecule has 0 aliphatic rings. The van der Waals surface area contributed by atoms with Gasteiger partial charge in [0, 0.05) is 28.0 Å². The molecule has 5 nitrogen and oxygen atoms in total. The van der Waals surface area contributed by atoms with E-state index >= 15 is 0 Å². The van der Waals surface area contributed by atoms with Gasteiger partial charge in [0.25, 0.3) is 5.91 Å². The third-order valence-corrected chi connectivity index (χ3v) is 4.96. The molecule has 3 rings (SSSR count). The number of benzene rings is 3. The van der Waals surface area contributed by atoms with Gasteiger partial charge in [-0.1, -0.05) is 11.8 Å². The van der Waals surface area contributed by atoms with Crippen molar-refractivity contribution in [3.8, 4) is 5.75 Å². The normalized spacial score (nSPS) is 10.3. The fourth-order valence-corrected chi connectivity index (χ4v) is 3.36. The molecule has 3 aromatic carbocycles. The van der Waals surface area contributed by atoms with E-state index in [0.29, 0.717) is 5.69 Å². The summed E-state index contributed by atoms with van der Waals surface area (Å²) in [5.74, 6) is -0.606. The third kappa shape index (κ3) is 5.58. The first kappa shape index (κ1) is 20.4. The molecule has 0 saturated carbocycles. The molecule has 0 saturated heterocycles. The molecule has 0 bridgehead atoms. The van der Waals surface area contributed by atoms with Crippen molar-refractivity contribution in [3.63, 3.8) is 0 Å². The fourth-order valence-electron chi connectivity index (χ4n) is 2.54. The minimum Gasteiger partial charge on any atom is -0.497 e. The van der Waals surface area contributed by atoms with Crippen LogP contribution < -0.4 is 15.4 Å². The standard InChI is InChI=1S/C22H19FN2O3S/c1-14(26)24-21-13-15(3-12-20(21)23)22(27)25-16-4-8-18(9-5-16)29-19-10-6-17(28-2)7-11-19/h3-13H,1-2H3,(H,24,26)(H,25,27). The predicted octanol–water partition coefficient (Wildman–Crippen LogP) is 5.20. The number of hydrogen-bond donors (Lipinski definition) is 2. The highest BCUT2D eigenvalue weighted by Crippen LogP contribution is 2.30. The van der Waals surface area contributed by atoms with Crippen LogP contribution in [0.1, 0.15) is 17.3 Å². The van der Waals surface area contributed by atoms with E-state index < -0.39 is 17.6 Å². The summed E-state index contributed by atoms with van der Waals surface area (Å²) in [4.78, 5) is 25.7. The molecule has 148 valence electrons. The summed E-state index contributed by atoms with van der Waals surface area (Å²) >= 11 is 1.59. The van der Waals surface area contributed by atoms with Crippen molar-refractivity contribution >= 4 is 35.0 Å². The molecule has 0 fully saturated rings. The van der Waals surface area contributed by atoms with Gasteiger partial charge in [-0.25, -0.2) is 4.39 Å². The SMILES string of the molecule is COc1ccc(Sc2ccc(NC(=O)c3ccc(F)c(NC(C)=O)c3)cc2)cc1. The molecule has 0 radical (unpaired) electrons. The van der Waals surface area contributed by atoms with Crippen molar-refractivity contribution in [3.05, 3.63) is 78.1 Å². The lowest BCUT2D eigenvalue weighted by Crippen LogP contribution is -2.14. The minimum atomic E-state index is -0.600. The monoisotopic (exact) mass is 410 g/mol. The smallest absolute Gasteiger partial charge is 0.255 e. The maximum Gasteiger partial charge on any atom is 0.255 e. The number of hydrogen-bond acceptors (Lipinski definition) is 4. The topological polar surface area (TPSA) is 67.4 Å². The summed E-state index contributed by atoms with van der Waals surface area (Å²) in [6.45, 7) is 1.28. The van der Waals surface area contributed by atoms with Gasteiger partial charge >= 0.3 is 0 Å². The average Bonchev–Trinajstić information content (AvgIpc) is 2.71. The summed E-state index contributed by atoms with van der Waals surface area (Å²) in [7, 11) is 1.63. The number of ether oxygens (including phenoxy) is 1. The number of carbonyl (C=O) groups is 2. The molecule has 0 aliphatic carbocycles. The van der Waals surface area contributed by atoms with Crippen LogP contribution in [-0.2, 0) is 4.79 Å². The van der Waals surface area contributed by atoms with E-state index in [1.165, 1.54) is 19.1 Å². The Kier molecular flexibility index (Phi) is 6.51. The van der Waals surface area contributed by atoms with Crippen molar-refractivity contribution in [1.82, 2.24) is 0 Å². The van der Waals surface area contributed by atoms with Crippen LogP contribution in [0.5, 0.6) is 5.75 Å². The van der Waals surface area contributed by atoms with Crippen LogP contribution in [0, 0.1) is 5.82 Å². The Bertz CT molecular complexity index is 1020. The molecule has 0 heterocycles. The number of amides is 2. The van der Waals surface area contributed by atoms with Crippen molar-refractivity contribution in [2.75, 3.05) is 17.7 Å². The molecule has 29 heavy (non-hydrogen) atoms. The summed E-state index contributed by atoms with van der Waals surface area (Å²) < 4.78 is 18.9. The summed E-state index contributed by atoms with van der Waals surface area (Å²) in [6, 6.07) is 18.9. The molecule has 7 heteroatoms. The number of halogens is 1. The quantitative estimate of drug-likeness (QED) is 0.586. The Morgan fingerprint density at radius 2 is 1.52 bits per heavy atom. The Labute approximate surface area is 172 Å². The van der Waals surface area contributed by atoms with E-state index in [4.69, 9.17) is 4.74 Å². The van der Waals surface area contributed by atoms with Crippen LogP contribution in [0.2, 0.25) is 0 Å². The van der Waals surface area contributed by atoms with Crippen LogP contribution in [-0.4, -0.2) is 18.9 Å². The van der Waals surface area contributed by atoms with E-state index in [-0.39, 0.29) is 11.3 Å². The van der Waals surface area contributed by atoms with Gasteiger partial charge < -0.3 is 15.4 Å². The second kappa shape index (κ2) is 9.25. The third-order valence-electron chi connectivity index (χ3n) is 3.95. The van der Waals surface area contributed by atoms with Crippen LogP contribution in [0.4, 0.5) is 15.8 Å². The first-order chi connectivity index (χ1) is 13.9. The summed E-state index contributed by atoms with van der Waals surface area (Å²) in [5.41, 5.74) is 0.822. The van der Waals surface area contributed by atoms with Gasteiger partial charge in [0.1, 0.15) is 11.6 Å². The number of methoxy groups -OCH3 is 1. The lowest BCUT2D eigenvalue weighted by atomic mass is 10.1. The maximum absolute atomic E-state index is 13.7. The zero-order chi connectivity index (χ0) is 20.8. The van der Waals surface area contributed by atoms with Gasteiger partial charge in [-0.05, 0) is 66.7 Å². The molecule has 0 atom stereocenters. The van der Waals surface area contributed by atoms with E-state index in [0.717, 1.165) is 21.6 Å². The summed E-state index contributed by atoms with van der Waals surface area (Å²) in [5, 5.41) is 5.13. The van der Waals surface area contributed by atoms with Gasteiger partial charge in [-0.15, -0.1) is 0 Å². The van der Waals surface area contributed by atoms with Gasteiger partial charge in [-0.3, -0.25) is 9.59 Å². The number of rotatable bonds is 6. The lowest BCUT2D eigenvalue weighted by molar-refractivity contribution is -0.114. The zero-order valence-electron chi connectivity index (χ0n) is 15.9. The zero-order valence-corrected chi connectivity index (χ0v) is 16.7. The Morgan fingerprint density at radius 3 is 2.10 bits per heavy atom. The van der Waals surface area contributed by atoms with Crippen molar-refractivity contribution < 1.29 is 18.7 Å². The van der Waals surface area contributed by atoms with E-state index in [9.17, 15) is 14.0 Å². The largest absolute Gasteiger partial charge is 0.497 e. The molecule has 0 aromatic heterocycles. The second-order valence-electron chi connectivity index (χ2n) is 6.13. The van der Waals surface area contributed by atoms with Crippen LogP contribution in [0.25, 0.3) is 0 Å². The molecular weight excluding hydrogens is 391 g/mol. The average molecular weight is 410 g/mol. The Morgan fingerprint density at radius 1 is 0.897 bits per heavy atom. The molecule has 0 spiro atoms. The minimum absolute atomic E-state index is 0.0311. The molecule has 0 unspecified atom stereocenters. The fraction of sp³-hybridized carbons (Fsp3) is 0.0909. The van der Waals surface area contributed by atoms with E-state index in [2.05, 4.69) is 10.6 Å². The van der Waals surface area contributed by atoms with Crippen molar-refractivity contribution in [2.45, 2.75) is 16.7 Å². The second-order valence-corrected chi connectivity index (χ2v) is 7.28. The van der Waals surface area contributed by atoms with E-state index in [1.807, 2.05) is 36.4 Å². The molecule has 2 N–H and O–H groups in total. The molecule has 0 aliphatic heterocycles. The molecule has 3 aromatic rings. The number of anilines is 2. The van der Waals surface area contributed by atoms with Crippen LogP contribution in [0.3, 0.4) is 0 Å². The van der Waals surface area contributed by atoms with Crippen molar-refractivity contribution in [1.29, 1.82) is 0 Å². The summed E-state index contributed by atoms with van der Waals surface area (Å²) in [6.07, 6.45) is 0. The van der Waals surface area contributed by atoms with Crippen LogP contribution in [0.15, 0.2) is 76.5 Å². The Hall–Kier alpha value is -3.32. The van der Waals surface area contributed by atoms with Gasteiger partial charge in [0.05, 0.1) is 12.8 Å². The highest BCUT2D eigenvalue weighted by atomic mass is 32.2. The van der Waals surface area contributed by atoms with Crippen molar-refractivity contribution in [2.24, 2.45) is 0 Å². The van der Waals surface area contributed by atoms with Gasteiger partial charge in [0.2, 0.25) is 5.91 Å². The highest BCUT2D eigenvalue weighted by molar-refractivity contribution is 7.99. The van der Waals surface area contributed by atoms with E-state index in [1.54, 1.807) is 31.0 Å². The van der Waals surface area contributed by atoms with Crippen LogP contribution >= 0.6 is 11.8 Å². The first-order valence-corrected chi connectivity index (χ1v) is 9.57. The maximum atomic E-state index is 13.7. The highest BCUT2D eigenvalue weighted by Gasteiger charge is 2.11. The number of nitrogens with one attached hydrogen (secondary N) is 2. The molecule has 2 amide bonds. The van der Waals surface area contributed by atoms with Gasteiger partial charge in [-0.2, -0.15) is 0 Å². The lowest BCUT2D eigenvalue weighted by Gasteiger charge is -2.09. The number of carbonyl (C=O) groups excluding carboxylic acids is 2.